The summed E-state index contributed by atoms with van der Waals surface area (Å²) < 4.78 is 3.15. The summed E-state index contributed by atoms with van der Waals surface area (Å²) >= 11 is 3.06. The molecule has 5 rings (SSSR count). The molecule has 126 valence electrons. The number of rotatable bonds is 2. The van der Waals surface area contributed by atoms with Crippen LogP contribution in [0.3, 0.4) is 0 Å². The Hall–Kier alpha value is -2.32. The minimum atomic E-state index is -0.114. The van der Waals surface area contributed by atoms with Gasteiger partial charge in [-0.25, -0.2) is 9.97 Å². The van der Waals surface area contributed by atoms with Crippen LogP contribution in [0.1, 0.15) is 28.2 Å². The van der Waals surface area contributed by atoms with Gasteiger partial charge in [0.25, 0.3) is 11.1 Å². The van der Waals surface area contributed by atoms with Crippen molar-refractivity contribution in [1.82, 2.24) is 18.9 Å². The van der Waals surface area contributed by atoms with E-state index in [1.54, 1.807) is 26.6 Å². The van der Waals surface area contributed by atoms with Crippen molar-refractivity contribution in [1.29, 1.82) is 0 Å². The van der Waals surface area contributed by atoms with Crippen molar-refractivity contribution in [2.75, 3.05) is 0 Å². The Kier molecular flexibility index (Phi) is 3.20. The maximum atomic E-state index is 12.9. The molecule has 4 aromatic rings. The summed E-state index contributed by atoms with van der Waals surface area (Å²) in [6, 6.07) is 1.50. The third kappa shape index (κ3) is 2.21. The number of fused-ring (bicyclic) bond motifs is 4. The van der Waals surface area contributed by atoms with Gasteiger partial charge in [0.2, 0.25) is 0 Å². The topological polar surface area (TPSA) is 69.3 Å². The Labute approximate surface area is 150 Å². The van der Waals surface area contributed by atoms with Crippen LogP contribution in [0.4, 0.5) is 0 Å². The fourth-order valence-corrected chi connectivity index (χ4v) is 5.60. The van der Waals surface area contributed by atoms with E-state index < -0.39 is 0 Å². The average Bonchev–Trinajstić information content (AvgIpc) is 3.25. The highest BCUT2D eigenvalue weighted by Crippen LogP contribution is 2.34. The second-order valence-electron chi connectivity index (χ2n) is 6.30. The second kappa shape index (κ2) is 5.34. The van der Waals surface area contributed by atoms with E-state index >= 15 is 0 Å². The van der Waals surface area contributed by atoms with Gasteiger partial charge in [0, 0.05) is 22.0 Å². The highest BCUT2D eigenvalue weighted by Gasteiger charge is 2.21. The summed E-state index contributed by atoms with van der Waals surface area (Å²) in [6.45, 7) is 2.14. The van der Waals surface area contributed by atoms with E-state index in [4.69, 9.17) is 0 Å². The van der Waals surface area contributed by atoms with Crippen molar-refractivity contribution < 1.29 is 0 Å². The molecule has 0 aliphatic heterocycles. The molecule has 6 nitrogen and oxygen atoms in total. The Bertz CT molecular complexity index is 1260. The van der Waals surface area contributed by atoms with Gasteiger partial charge in [-0.3, -0.25) is 18.6 Å². The molecule has 8 heteroatoms. The molecule has 1 aliphatic rings. The average molecular weight is 370 g/mol. The molecule has 0 radical (unpaired) electrons. The first-order valence-corrected chi connectivity index (χ1v) is 9.78. The van der Waals surface area contributed by atoms with E-state index in [9.17, 15) is 9.59 Å². The van der Waals surface area contributed by atoms with Gasteiger partial charge in [-0.2, -0.15) is 0 Å². The molecule has 0 saturated carbocycles. The van der Waals surface area contributed by atoms with Gasteiger partial charge >= 0.3 is 0 Å². The lowest BCUT2D eigenvalue weighted by atomic mass is 10.2. The normalized spacial score (nSPS) is 13.8. The predicted octanol–water partition coefficient (Wildman–Crippen LogP) is 2.37. The van der Waals surface area contributed by atoms with Crippen LogP contribution in [0, 0.1) is 6.92 Å². The molecule has 0 unspecified atom stereocenters. The number of thiophene rings is 1. The van der Waals surface area contributed by atoms with Crippen LogP contribution < -0.4 is 11.1 Å². The monoisotopic (exact) mass is 370 g/mol. The summed E-state index contributed by atoms with van der Waals surface area (Å²) in [5.74, 6) is 0. The Morgan fingerprint density at radius 3 is 3.04 bits per heavy atom. The van der Waals surface area contributed by atoms with Crippen LogP contribution in [0.25, 0.3) is 15.2 Å². The smallest absolute Gasteiger partial charge is 0.262 e. The molecule has 0 N–H and O–H groups in total. The van der Waals surface area contributed by atoms with Gasteiger partial charge in [-0.15, -0.1) is 22.7 Å². The molecular weight excluding hydrogens is 356 g/mol. The van der Waals surface area contributed by atoms with Gasteiger partial charge in [0.05, 0.1) is 24.0 Å². The predicted molar refractivity (Wildman–Crippen MR) is 99.1 cm³/mol. The zero-order valence-corrected chi connectivity index (χ0v) is 15.1. The van der Waals surface area contributed by atoms with Crippen molar-refractivity contribution in [3.05, 3.63) is 60.3 Å². The van der Waals surface area contributed by atoms with Gasteiger partial charge < -0.3 is 0 Å². The number of nitrogens with zero attached hydrogens (tertiary/aromatic N) is 4. The van der Waals surface area contributed by atoms with Crippen LogP contribution in [0.2, 0.25) is 0 Å². The zero-order chi connectivity index (χ0) is 17.1. The molecular formula is C17H14N4O2S2. The lowest BCUT2D eigenvalue weighted by molar-refractivity contribution is 0.727. The fraction of sp³-hybridized carbons (Fsp3) is 0.294. The highest BCUT2D eigenvalue weighted by molar-refractivity contribution is 7.18. The highest BCUT2D eigenvalue weighted by atomic mass is 32.1. The standard InChI is InChI=1S/C17H14N4O2S2/c1-9-7-24-17-19-10(5-13(22)21(9)17)6-20-8-18-15-14(16(20)23)11-3-2-4-12(11)25-15/h5,7-8H,2-4,6H2,1H3. The molecule has 0 amide bonds. The first-order valence-electron chi connectivity index (χ1n) is 8.08. The SMILES string of the molecule is Cc1csc2nc(Cn3cnc4sc5c(c4c3=O)CCC5)cc(=O)n12. The van der Waals surface area contributed by atoms with E-state index in [-0.39, 0.29) is 17.7 Å². The summed E-state index contributed by atoms with van der Waals surface area (Å²) in [4.78, 5) is 37.0. The lowest BCUT2D eigenvalue weighted by Crippen LogP contribution is -2.23. The Morgan fingerprint density at radius 1 is 1.28 bits per heavy atom. The van der Waals surface area contributed by atoms with Crippen LogP contribution in [0.15, 0.2) is 27.4 Å². The molecule has 0 bridgehead atoms. The summed E-state index contributed by atoms with van der Waals surface area (Å²) in [5, 5.41) is 2.66. The van der Waals surface area contributed by atoms with Crippen LogP contribution >= 0.6 is 22.7 Å². The van der Waals surface area contributed by atoms with E-state index in [0.717, 1.165) is 35.2 Å². The van der Waals surface area contributed by atoms with Crippen molar-refractivity contribution in [2.24, 2.45) is 0 Å². The van der Waals surface area contributed by atoms with Gasteiger partial charge in [-0.1, -0.05) is 0 Å². The Balaban J connectivity index is 1.64. The van der Waals surface area contributed by atoms with Gasteiger partial charge in [-0.05, 0) is 31.7 Å². The summed E-state index contributed by atoms with van der Waals surface area (Å²) in [5.41, 5.74) is 2.48. The molecule has 25 heavy (non-hydrogen) atoms. The Morgan fingerprint density at radius 2 is 2.16 bits per heavy atom. The molecule has 0 fully saturated rings. The van der Waals surface area contributed by atoms with E-state index in [1.807, 2.05) is 12.3 Å². The fourth-order valence-electron chi connectivity index (χ4n) is 3.49. The van der Waals surface area contributed by atoms with Crippen molar-refractivity contribution in [3.8, 4) is 0 Å². The minimum Gasteiger partial charge on any atom is -0.293 e. The first kappa shape index (κ1) is 15.0. The van der Waals surface area contributed by atoms with Gasteiger partial charge in [0.1, 0.15) is 4.83 Å². The van der Waals surface area contributed by atoms with Gasteiger partial charge in [0.15, 0.2) is 4.96 Å². The molecule has 0 spiro atoms. The number of aryl methyl sites for hydroxylation is 3. The third-order valence-electron chi connectivity index (χ3n) is 4.65. The number of hydrogen-bond donors (Lipinski definition) is 0. The number of hydrogen-bond acceptors (Lipinski definition) is 6. The number of aromatic nitrogens is 4. The van der Waals surface area contributed by atoms with E-state index in [0.29, 0.717) is 10.7 Å². The molecule has 0 saturated heterocycles. The largest absolute Gasteiger partial charge is 0.293 e. The van der Waals surface area contributed by atoms with Crippen LogP contribution in [-0.2, 0) is 19.4 Å². The van der Waals surface area contributed by atoms with Crippen molar-refractivity contribution in [3.63, 3.8) is 0 Å². The minimum absolute atomic E-state index is 0.0336. The molecule has 4 aromatic heterocycles. The molecule has 4 heterocycles. The van der Waals surface area contributed by atoms with Crippen molar-refractivity contribution >= 4 is 37.9 Å². The van der Waals surface area contributed by atoms with E-state index in [1.165, 1.54) is 27.8 Å². The molecule has 0 aromatic carbocycles. The molecule has 1 aliphatic carbocycles. The summed E-state index contributed by atoms with van der Waals surface area (Å²) in [7, 11) is 0. The first-order chi connectivity index (χ1) is 12.1. The lowest BCUT2D eigenvalue weighted by Gasteiger charge is -2.06. The van der Waals surface area contributed by atoms with E-state index in [2.05, 4.69) is 9.97 Å². The quantitative estimate of drug-likeness (QED) is 0.543. The maximum Gasteiger partial charge on any atom is 0.262 e. The number of thiazole rings is 1. The third-order valence-corrected chi connectivity index (χ3v) is 6.80. The maximum absolute atomic E-state index is 12.9. The van der Waals surface area contributed by atoms with Crippen LogP contribution in [-0.4, -0.2) is 18.9 Å². The van der Waals surface area contributed by atoms with Crippen molar-refractivity contribution in [2.45, 2.75) is 32.7 Å². The summed E-state index contributed by atoms with van der Waals surface area (Å²) in [6.07, 6.45) is 4.68. The second-order valence-corrected chi connectivity index (χ2v) is 8.22. The zero-order valence-electron chi connectivity index (χ0n) is 13.5. The van der Waals surface area contributed by atoms with Crippen LogP contribution in [0.5, 0.6) is 0 Å². The molecule has 0 atom stereocenters.